The summed E-state index contributed by atoms with van der Waals surface area (Å²) in [6, 6.07) is 7.40. The Bertz CT molecular complexity index is 2150. The quantitative estimate of drug-likeness (QED) is 0.126. The standard InChI is InChI=1S/C24H31ClFNO5.C18H20BrClFNO3.C4H8O.CH3F.CO2/c1-6-14(21(29)31-7-2)10-19(28)20-17-12-24(17,16-11-15(25)8-9-18(16)26)13-27(20)22(30)32-23(3,4)5;1-17(2,3)25-16(24)22-9-18(7-12(18)15(22)14(23)8-19)11-6-10(20)4-5-13(11)21;1-2-4-5-3-1;1-2;2-1-3/h8-9,11,14,17,20H,6-7,10,12-13H2,1-5H3;4-6,12,15H,7-9H2,1-3H3;1-4H2;1H3;/t14?,17-,20?,24+;12-,15?,18+;;;/m00.../s1/i;;3D;;. The number of benzene rings is 2. The molecular formula is C48H62BrCl2F3N2O11. The Balaban J connectivity index is 0.000000300. The lowest BCUT2D eigenvalue weighted by Gasteiger charge is -2.30. The van der Waals surface area contributed by atoms with Crippen molar-refractivity contribution in [1.29, 1.82) is 0 Å². The summed E-state index contributed by atoms with van der Waals surface area (Å²) in [6.07, 6.45) is 2.73. The molecule has 2 aliphatic carbocycles. The first-order valence-electron chi connectivity index (χ1n) is 22.5. The Morgan fingerprint density at radius 2 is 1.25 bits per heavy atom. The topological polar surface area (TPSA) is 163 Å². The Morgan fingerprint density at radius 1 is 0.821 bits per heavy atom. The number of esters is 1. The molecule has 0 bridgehead atoms. The van der Waals surface area contributed by atoms with Crippen LogP contribution in [0.3, 0.4) is 0 Å². The van der Waals surface area contributed by atoms with Crippen molar-refractivity contribution in [3.05, 3.63) is 69.2 Å². The maximum absolute atomic E-state index is 14.7. The van der Waals surface area contributed by atoms with E-state index in [2.05, 4.69) is 15.9 Å². The molecule has 2 saturated carbocycles. The van der Waals surface area contributed by atoms with Gasteiger partial charge in [-0.1, -0.05) is 46.1 Å². The van der Waals surface area contributed by atoms with Gasteiger partial charge in [-0.05, 0) is 140 Å². The number of halogens is 6. The molecule has 2 amide bonds. The van der Waals surface area contributed by atoms with Gasteiger partial charge < -0.3 is 18.9 Å². The Morgan fingerprint density at radius 3 is 1.58 bits per heavy atom. The summed E-state index contributed by atoms with van der Waals surface area (Å²) in [7, 11) is 0.500. The number of hydrogen-bond acceptors (Lipinski definition) is 11. The lowest BCUT2D eigenvalue weighted by Crippen LogP contribution is -2.46. The zero-order valence-corrected chi connectivity index (χ0v) is 42.5. The fourth-order valence-electron chi connectivity index (χ4n) is 8.95. The molecule has 2 aromatic rings. The maximum atomic E-state index is 14.7. The third-order valence-electron chi connectivity index (χ3n) is 11.8. The minimum absolute atomic E-state index is 0.0378. The van der Waals surface area contributed by atoms with Gasteiger partial charge in [0.05, 0.1) is 38.5 Å². The molecule has 3 saturated heterocycles. The van der Waals surface area contributed by atoms with Crippen LogP contribution in [-0.2, 0) is 53.8 Å². The van der Waals surface area contributed by atoms with Gasteiger partial charge in [0.15, 0.2) is 11.6 Å². The number of piperidine rings is 2. The van der Waals surface area contributed by atoms with E-state index in [0.29, 0.717) is 47.6 Å². The van der Waals surface area contributed by atoms with Gasteiger partial charge in [-0.2, -0.15) is 9.59 Å². The highest BCUT2D eigenvalue weighted by atomic mass is 79.9. The minimum atomic E-state index is -0.785. The molecule has 7 rings (SSSR count). The molecule has 13 nitrogen and oxygen atoms in total. The predicted octanol–water partition coefficient (Wildman–Crippen LogP) is 10.0. The predicted molar refractivity (Wildman–Crippen MR) is 247 cm³/mol. The molecule has 0 spiro atoms. The van der Waals surface area contributed by atoms with Crippen molar-refractivity contribution in [3.63, 3.8) is 0 Å². The lowest BCUT2D eigenvalue weighted by molar-refractivity contribution is -0.191. The van der Waals surface area contributed by atoms with Crippen LogP contribution in [0.4, 0.5) is 22.8 Å². The molecule has 8 atom stereocenters. The van der Waals surface area contributed by atoms with Crippen LogP contribution in [0.15, 0.2) is 36.4 Å². The van der Waals surface area contributed by atoms with Gasteiger partial charge >= 0.3 is 24.3 Å². The first-order chi connectivity index (χ1) is 31.8. The molecule has 5 aliphatic rings. The van der Waals surface area contributed by atoms with Crippen molar-refractivity contribution >= 4 is 75.0 Å². The smallest absolute Gasteiger partial charge is 0.410 e. The van der Waals surface area contributed by atoms with Crippen LogP contribution < -0.4 is 0 Å². The van der Waals surface area contributed by atoms with E-state index in [1.807, 2.05) is 6.92 Å². The lowest BCUT2D eigenvalue weighted by atomic mass is 9.91. The number of ketones is 2. The first-order valence-corrected chi connectivity index (χ1v) is 23.8. The summed E-state index contributed by atoms with van der Waals surface area (Å²) in [6.45, 7) is 15.3. The Kier molecular flexibility index (Phi) is 20.3. The molecule has 2 aromatic carbocycles. The number of hydrogen-bond donors (Lipinski definition) is 0. The average Bonchev–Trinajstić information content (AvgIpc) is 3.97. The second kappa shape index (κ2) is 24.5. The molecule has 3 heterocycles. The molecule has 0 aromatic heterocycles. The zero-order valence-electron chi connectivity index (χ0n) is 40.4. The van der Waals surface area contributed by atoms with Gasteiger partial charge in [0, 0.05) is 53.6 Å². The highest BCUT2D eigenvalue weighted by Gasteiger charge is 2.70. The number of ether oxygens (including phenoxy) is 4. The van der Waals surface area contributed by atoms with E-state index in [0.717, 1.165) is 19.4 Å². The maximum Gasteiger partial charge on any atom is 0.410 e. The molecule has 372 valence electrons. The summed E-state index contributed by atoms with van der Waals surface area (Å²) in [5, 5.41) is 0.977. The van der Waals surface area contributed by atoms with Crippen LogP contribution in [0.2, 0.25) is 10.0 Å². The SMILES string of the molecule is CC(C)(C)OC(=O)N1C[C@@]2(c3cc(Cl)ccc3F)C[C@H]2C1C(=O)CBr.CCOC(=O)C(CC)CC(=O)C1[C@@H]2C[C@]2(c2cc(Cl)ccc2F)CN1C(=O)OC(C)(C)C.CF.O=C=O.[2H]C1CCCO1. The Hall–Kier alpha value is -4.02. The monoisotopic (exact) mass is 1050 g/mol. The van der Waals surface area contributed by atoms with E-state index in [1.54, 1.807) is 60.6 Å². The summed E-state index contributed by atoms with van der Waals surface area (Å²) in [5.74, 6) is -2.48. The number of carbonyl (C=O) groups is 5. The van der Waals surface area contributed by atoms with Gasteiger partial charge in [0.25, 0.3) is 0 Å². The van der Waals surface area contributed by atoms with Gasteiger partial charge in [0.1, 0.15) is 22.8 Å². The zero-order chi connectivity index (χ0) is 51.5. The summed E-state index contributed by atoms with van der Waals surface area (Å²) < 4.78 is 66.5. The van der Waals surface area contributed by atoms with Crippen LogP contribution in [0, 0.1) is 29.4 Å². The highest BCUT2D eigenvalue weighted by molar-refractivity contribution is 9.09. The second-order valence-electron chi connectivity index (χ2n) is 18.7. The van der Waals surface area contributed by atoms with Gasteiger partial charge in [-0.3, -0.25) is 28.6 Å². The van der Waals surface area contributed by atoms with E-state index < -0.39 is 64.0 Å². The molecule has 0 N–H and O–H groups in total. The van der Waals surface area contributed by atoms with Crippen molar-refractivity contribution in [2.75, 3.05) is 45.4 Å². The van der Waals surface area contributed by atoms with Crippen LogP contribution in [0.25, 0.3) is 0 Å². The van der Waals surface area contributed by atoms with Crippen molar-refractivity contribution in [2.24, 2.45) is 17.8 Å². The fraction of sp³-hybridized carbons (Fsp3) is 0.625. The highest BCUT2D eigenvalue weighted by Crippen LogP contribution is 2.64. The van der Waals surface area contributed by atoms with E-state index in [1.165, 1.54) is 34.1 Å². The van der Waals surface area contributed by atoms with Gasteiger partial charge in [-0.25, -0.2) is 18.4 Å². The van der Waals surface area contributed by atoms with Crippen LogP contribution in [-0.4, -0.2) is 114 Å². The van der Waals surface area contributed by atoms with E-state index >= 15 is 0 Å². The number of rotatable bonds is 10. The van der Waals surface area contributed by atoms with Crippen molar-refractivity contribution < 1.29 is 67.1 Å². The molecule has 4 unspecified atom stereocenters. The normalized spacial score (nSPS) is 25.7. The third kappa shape index (κ3) is 14.5. The number of fused-ring (bicyclic) bond motifs is 2. The minimum Gasteiger partial charge on any atom is -0.466 e. The summed E-state index contributed by atoms with van der Waals surface area (Å²) in [4.78, 5) is 82.8. The van der Waals surface area contributed by atoms with Gasteiger partial charge in [-0.15, -0.1) is 0 Å². The number of amides is 2. The molecule has 0 radical (unpaired) electrons. The van der Waals surface area contributed by atoms with Crippen molar-refractivity contribution in [3.8, 4) is 0 Å². The van der Waals surface area contributed by atoms with Crippen LogP contribution in [0.5, 0.6) is 0 Å². The summed E-state index contributed by atoms with van der Waals surface area (Å²) >= 11 is 15.3. The van der Waals surface area contributed by atoms with Crippen molar-refractivity contribution in [1.82, 2.24) is 9.80 Å². The number of likely N-dealkylation sites (tertiary alicyclic amines) is 2. The van der Waals surface area contributed by atoms with Gasteiger partial charge in [0.2, 0.25) is 0 Å². The second-order valence-corrected chi connectivity index (χ2v) is 20.1. The number of Topliss-reactive ketones (excluding diaryl/α,β-unsaturated/α-hetero) is 2. The summed E-state index contributed by atoms with van der Waals surface area (Å²) in [5.41, 5.74) is -1.77. The van der Waals surface area contributed by atoms with Crippen molar-refractivity contribution in [2.45, 2.75) is 128 Å². The number of carbonyl (C=O) groups excluding carboxylic acids is 7. The molecule has 19 heteroatoms. The fourth-order valence-corrected chi connectivity index (χ4v) is 9.63. The van der Waals surface area contributed by atoms with Crippen LogP contribution in [0.1, 0.15) is 106 Å². The molecular weight excluding hydrogens is 988 g/mol. The number of alkyl halides is 2. The Labute approximate surface area is 410 Å². The number of nitrogens with zero attached hydrogens (tertiary/aromatic N) is 2. The first kappa shape index (κ1) is 55.6. The molecule has 5 fully saturated rings. The molecule has 3 aliphatic heterocycles. The van der Waals surface area contributed by atoms with Crippen LogP contribution >= 0.6 is 39.1 Å². The average molecular weight is 1050 g/mol. The van der Waals surface area contributed by atoms with E-state index in [-0.39, 0.29) is 73.4 Å². The molecule has 67 heavy (non-hydrogen) atoms. The van der Waals surface area contributed by atoms with E-state index in [9.17, 15) is 37.1 Å². The largest absolute Gasteiger partial charge is 0.466 e. The third-order valence-corrected chi connectivity index (χ3v) is 12.9. The van der Waals surface area contributed by atoms with E-state index in [4.69, 9.17) is 53.1 Å².